The Balaban J connectivity index is 1.61. The van der Waals surface area contributed by atoms with Crippen molar-refractivity contribution in [3.63, 3.8) is 0 Å². The van der Waals surface area contributed by atoms with E-state index in [2.05, 4.69) is 19.1 Å². The molecule has 0 radical (unpaired) electrons. The van der Waals surface area contributed by atoms with Gasteiger partial charge in [0.25, 0.3) is 0 Å². The van der Waals surface area contributed by atoms with Crippen LogP contribution in [0.5, 0.6) is 5.75 Å². The highest BCUT2D eigenvalue weighted by Crippen LogP contribution is 2.42. The van der Waals surface area contributed by atoms with E-state index in [0.29, 0.717) is 18.1 Å². The highest BCUT2D eigenvalue weighted by atomic mass is 16.5. The van der Waals surface area contributed by atoms with E-state index in [4.69, 9.17) is 9.47 Å². The van der Waals surface area contributed by atoms with Crippen molar-refractivity contribution in [2.75, 3.05) is 6.61 Å². The number of fused-ring (bicyclic) bond motifs is 1. The van der Waals surface area contributed by atoms with Crippen LogP contribution < -0.4 is 4.74 Å². The topological polar surface area (TPSA) is 52.6 Å². The molecular weight excluding hydrogens is 340 g/mol. The summed E-state index contributed by atoms with van der Waals surface area (Å²) in [6.45, 7) is 2.20. The minimum absolute atomic E-state index is 0.0323. The standard InChI is InChI=1S/C23H28O4/c1-17-15-22-21(11-7-2-3-8-12-23(25)27-22)20(17)14-13-18(24)16-26-19-9-5-4-6-10-19/h2,4-7,9-10,13-14,17,20-22H,3,8,11-12,15-16H2,1H3/b7-2-,14-13+/t17-,20+,21-,22+/m1/s1. The zero-order valence-electron chi connectivity index (χ0n) is 15.9. The maximum Gasteiger partial charge on any atom is 0.306 e. The zero-order valence-corrected chi connectivity index (χ0v) is 15.9. The lowest BCUT2D eigenvalue weighted by Gasteiger charge is -2.23. The van der Waals surface area contributed by atoms with Gasteiger partial charge in [0.15, 0.2) is 12.4 Å². The van der Waals surface area contributed by atoms with E-state index in [9.17, 15) is 9.59 Å². The van der Waals surface area contributed by atoms with Crippen LogP contribution in [0.3, 0.4) is 0 Å². The first-order valence-electron chi connectivity index (χ1n) is 9.87. The first kappa shape index (κ1) is 19.4. The molecule has 4 nitrogen and oxygen atoms in total. The van der Waals surface area contributed by atoms with Crippen molar-refractivity contribution in [2.24, 2.45) is 17.8 Å². The smallest absolute Gasteiger partial charge is 0.306 e. The summed E-state index contributed by atoms with van der Waals surface area (Å²) in [5, 5.41) is 0. The van der Waals surface area contributed by atoms with E-state index in [-0.39, 0.29) is 36.3 Å². The number of benzene rings is 1. The number of rotatable bonds is 5. The first-order valence-corrected chi connectivity index (χ1v) is 9.87. The number of carbonyl (C=O) groups excluding carboxylic acids is 2. The van der Waals surface area contributed by atoms with Crippen LogP contribution in [-0.4, -0.2) is 24.5 Å². The number of ketones is 1. The number of para-hydroxylation sites is 1. The van der Waals surface area contributed by atoms with Gasteiger partial charge in [-0.3, -0.25) is 9.59 Å². The summed E-state index contributed by atoms with van der Waals surface area (Å²) in [5.74, 6) is 1.38. The highest BCUT2D eigenvalue weighted by Gasteiger charge is 2.41. The lowest BCUT2D eigenvalue weighted by molar-refractivity contribution is -0.151. The monoisotopic (exact) mass is 368 g/mol. The largest absolute Gasteiger partial charge is 0.485 e. The summed E-state index contributed by atoms with van der Waals surface area (Å²) >= 11 is 0. The molecule has 0 bridgehead atoms. The molecular formula is C23H28O4. The first-order chi connectivity index (χ1) is 13.1. The fourth-order valence-electron chi connectivity index (χ4n) is 4.05. The summed E-state index contributed by atoms with van der Waals surface area (Å²) in [7, 11) is 0. The second-order valence-electron chi connectivity index (χ2n) is 7.51. The van der Waals surface area contributed by atoms with E-state index < -0.39 is 0 Å². The van der Waals surface area contributed by atoms with E-state index in [1.54, 1.807) is 6.08 Å². The maximum absolute atomic E-state index is 12.2. The van der Waals surface area contributed by atoms with Gasteiger partial charge in [-0.25, -0.2) is 0 Å². The van der Waals surface area contributed by atoms with Crippen LogP contribution in [-0.2, 0) is 14.3 Å². The van der Waals surface area contributed by atoms with Gasteiger partial charge in [-0.1, -0.05) is 43.4 Å². The van der Waals surface area contributed by atoms with Crippen molar-refractivity contribution in [1.29, 1.82) is 0 Å². The second-order valence-corrected chi connectivity index (χ2v) is 7.51. The van der Waals surface area contributed by atoms with Gasteiger partial charge in [0, 0.05) is 12.3 Å². The summed E-state index contributed by atoms with van der Waals surface area (Å²) in [6, 6.07) is 9.34. The molecule has 4 heteroatoms. The molecule has 1 fully saturated rings. The Morgan fingerprint density at radius 3 is 2.89 bits per heavy atom. The van der Waals surface area contributed by atoms with Crippen molar-refractivity contribution >= 4 is 11.8 Å². The Kier molecular flexibility index (Phi) is 6.86. The van der Waals surface area contributed by atoms with E-state index >= 15 is 0 Å². The molecule has 3 rings (SSSR count). The molecule has 0 saturated heterocycles. The summed E-state index contributed by atoms with van der Waals surface area (Å²) in [4.78, 5) is 24.2. The number of esters is 1. The van der Waals surface area contributed by atoms with Crippen molar-refractivity contribution in [1.82, 2.24) is 0 Å². The Labute approximate surface area is 161 Å². The third-order valence-electron chi connectivity index (χ3n) is 5.47. The normalized spacial score (nSPS) is 29.7. The van der Waals surface area contributed by atoms with E-state index in [1.807, 2.05) is 36.4 Å². The van der Waals surface area contributed by atoms with Crippen LogP contribution in [0, 0.1) is 17.8 Å². The van der Waals surface area contributed by atoms with E-state index in [1.165, 1.54) is 0 Å². The minimum atomic E-state index is -0.0931. The lowest BCUT2D eigenvalue weighted by atomic mass is 9.86. The Morgan fingerprint density at radius 2 is 2.07 bits per heavy atom. The Morgan fingerprint density at radius 1 is 1.26 bits per heavy atom. The van der Waals surface area contributed by atoms with Gasteiger partial charge in [0.2, 0.25) is 0 Å². The molecule has 1 aliphatic carbocycles. The third kappa shape index (κ3) is 5.56. The molecule has 0 unspecified atom stereocenters. The Hall–Kier alpha value is -2.36. The van der Waals surface area contributed by atoms with Crippen molar-refractivity contribution in [2.45, 2.75) is 45.1 Å². The third-order valence-corrected chi connectivity index (χ3v) is 5.47. The summed E-state index contributed by atoms with van der Waals surface area (Å²) in [5.41, 5.74) is 0. The van der Waals surface area contributed by atoms with Crippen LogP contribution in [0.4, 0.5) is 0 Å². The van der Waals surface area contributed by atoms with E-state index in [0.717, 1.165) is 25.7 Å². The molecule has 0 spiro atoms. The molecule has 1 aliphatic heterocycles. The number of ether oxygens (including phenoxy) is 2. The van der Waals surface area contributed by atoms with Crippen LogP contribution in [0.15, 0.2) is 54.6 Å². The summed E-state index contributed by atoms with van der Waals surface area (Å²) in [6.07, 6.45) is 11.9. The highest BCUT2D eigenvalue weighted by molar-refractivity contribution is 5.91. The SMILES string of the molecule is C[C@@H]1C[C@@H]2OC(=O)CCC/C=C\C[C@@H]2[C@H]1/C=C/C(=O)COc1ccccc1. The average molecular weight is 368 g/mol. The van der Waals surface area contributed by atoms with Gasteiger partial charge < -0.3 is 9.47 Å². The molecule has 4 atom stereocenters. The maximum atomic E-state index is 12.2. The predicted molar refractivity (Wildman–Crippen MR) is 104 cm³/mol. The average Bonchev–Trinajstić information content (AvgIpc) is 2.96. The van der Waals surface area contributed by atoms with Crippen LogP contribution >= 0.6 is 0 Å². The fraction of sp³-hybridized carbons (Fsp3) is 0.478. The Bertz CT molecular complexity index is 692. The van der Waals surface area contributed by atoms with Crippen LogP contribution in [0.1, 0.15) is 39.0 Å². The minimum Gasteiger partial charge on any atom is -0.485 e. The van der Waals surface area contributed by atoms with Crippen molar-refractivity contribution in [3.8, 4) is 5.75 Å². The molecule has 0 amide bonds. The number of hydrogen-bond acceptors (Lipinski definition) is 4. The van der Waals surface area contributed by atoms with Crippen LogP contribution in [0.2, 0.25) is 0 Å². The van der Waals surface area contributed by atoms with Gasteiger partial charge in [-0.05, 0) is 55.7 Å². The lowest BCUT2D eigenvalue weighted by Crippen LogP contribution is -2.25. The molecule has 1 saturated carbocycles. The number of allylic oxidation sites excluding steroid dienone is 3. The van der Waals surface area contributed by atoms with Gasteiger partial charge >= 0.3 is 5.97 Å². The van der Waals surface area contributed by atoms with Crippen LogP contribution in [0.25, 0.3) is 0 Å². The molecule has 0 aromatic heterocycles. The predicted octanol–water partition coefficient (Wildman–Crippen LogP) is 4.50. The van der Waals surface area contributed by atoms with Gasteiger partial charge in [0.1, 0.15) is 11.9 Å². The molecule has 144 valence electrons. The molecule has 1 aromatic carbocycles. The molecule has 1 aromatic rings. The van der Waals surface area contributed by atoms with Crippen molar-refractivity contribution in [3.05, 3.63) is 54.6 Å². The second kappa shape index (κ2) is 9.54. The zero-order chi connectivity index (χ0) is 19.1. The van der Waals surface area contributed by atoms with Crippen molar-refractivity contribution < 1.29 is 19.1 Å². The quantitative estimate of drug-likeness (QED) is 0.436. The molecule has 1 heterocycles. The van der Waals surface area contributed by atoms with Gasteiger partial charge in [-0.15, -0.1) is 0 Å². The molecule has 0 N–H and O–H groups in total. The summed E-state index contributed by atoms with van der Waals surface area (Å²) < 4.78 is 11.3. The number of carbonyl (C=O) groups is 2. The van der Waals surface area contributed by atoms with Gasteiger partial charge in [0.05, 0.1) is 0 Å². The molecule has 27 heavy (non-hydrogen) atoms. The van der Waals surface area contributed by atoms with Gasteiger partial charge in [-0.2, -0.15) is 0 Å². The fourth-order valence-corrected chi connectivity index (χ4v) is 4.05. The number of hydrogen-bond donors (Lipinski definition) is 0. The molecule has 2 aliphatic rings.